The Hall–Kier alpha value is -0.910. The van der Waals surface area contributed by atoms with Crippen LogP contribution in [0.1, 0.15) is 12.8 Å². The Balaban J connectivity index is 1.75. The summed E-state index contributed by atoms with van der Waals surface area (Å²) in [4.78, 5) is 11.8. The molecule has 4 nitrogen and oxygen atoms in total. The number of halogens is 1. The van der Waals surface area contributed by atoms with Crippen LogP contribution in [0, 0.1) is 5.92 Å². The van der Waals surface area contributed by atoms with E-state index >= 15 is 0 Å². The SMILES string of the molecule is COCC(NCC(=O)Nc1ccc(Br)cc1)C1CC1. The van der Waals surface area contributed by atoms with Gasteiger partial charge in [-0.15, -0.1) is 0 Å². The number of ether oxygens (including phenoxy) is 1. The van der Waals surface area contributed by atoms with Gasteiger partial charge in [0.05, 0.1) is 13.2 Å². The topological polar surface area (TPSA) is 50.4 Å². The molecule has 5 heteroatoms. The van der Waals surface area contributed by atoms with E-state index in [1.807, 2.05) is 24.3 Å². The van der Waals surface area contributed by atoms with E-state index in [2.05, 4.69) is 26.6 Å². The van der Waals surface area contributed by atoms with Crippen LogP contribution in [0.25, 0.3) is 0 Å². The first-order chi connectivity index (χ1) is 9.19. The molecule has 0 aromatic heterocycles. The second kappa shape index (κ2) is 7.03. The third-order valence-electron chi connectivity index (χ3n) is 3.19. The molecule has 1 unspecified atom stereocenters. The molecule has 0 spiro atoms. The van der Waals surface area contributed by atoms with Crippen LogP contribution in [0.3, 0.4) is 0 Å². The molecule has 1 saturated carbocycles. The van der Waals surface area contributed by atoms with E-state index in [9.17, 15) is 4.79 Å². The van der Waals surface area contributed by atoms with Gasteiger partial charge in [-0.2, -0.15) is 0 Å². The molecule has 0 saturated heterocycles. The highest BCUT2D eigenvalue weighted by Crippen LogP contribution is 2.32. The van der Waals surface area contributed by atoms with Crippen molar-refractivity contribution in [3.05, 3.63) is 28.7 Å². The third-order valence-corrected chi connectivity index (χ3v) is 3.72. The number of carbonyl (C=O) groups excluding carboxylic acids is 1. The van der Waals surface area contributed by atoms with Gasteiger partial charge in [-0.3, -0.25) is 4.79 Å². The number of hydrogen-bond acceptors (Lipinski definition) is 3. The van der Waals surface area contributed by atoms with E-state index in [0.717, 1.165) is 10.2 Å². The summed E-state index contributed by atoms with van der Waals surface area (Å²) in [6.07, 6.45) is 2.46. The van der Waals surface area contributed by atoms with E-state index in [-0.39, 0.29) is 5.91 Å². The van der Waals surface area contributed by atoms with Crippen LogP contribution < -0.4 is 10.6 Å². The lowest BCUT2D eigenvalue weighted by atomic mass is 10.2. The van der Waals surface area contributed by atoms with Gasteiger partial charge in [0, 0.05) is 23.3 Å². The Bertz CT molecular complexity index is 418. The van der Waals surface area contributed by atoms with Crippen molar-refractivity contribution >= 4 is 27.5 Å². The van der Waals surface area contributed by atoms with Crippen molar-refractivity contribution in [2.45, 2.75) is 18.9 Å². The van der Waals surface area contributed by atoms with E-state index in [1.165, 1.54) is 12.8 Å². The highest BCUT2D eigenvalue weighted by Gasteiger charge is 2.31. The fourth-order valence-corrected chi connectivity index (χ4v) is 2.27. The highest BCUT2D eigenvalue weighted by molar-refractivity contribution is 9.10. The molecule has 2 N–H and O–H groups in total. The zero-order valence-electron chi connectivity index (χ0n) is 11.0. The second-order valence-electron chi connectivity index (χ2n) is 4.84. The van der Waals surface area contributed by atoms with Crippen LogP contribution in [-0.2, 0) is 9.53 Å². The summed E-state index contributed by atoms with van der Waals surface area (Å²) in [5.74, 6) is 0.643. The summed E-state index contributed by atoms with van der Waals surface area (Å²) < 4.78 is 6.17. The maximum absolute atomic E-state index is 11.8. The number of nitrogens with one attached hydrogen (secondary N) is 2. The Morgan fingerprint density at radius 2 is 2.11 bits per heavy atom. The maximum Gasteiger partial charge on any atom is 0.238 e. The molecule has 0 bridgehead atoms. The van der Waals surface area contributed by atoms with Crippen molar-refractivity contribution in [2.24, 2.45) is 5.92 Å². The summed E-state index contributed by atoms with van der Waals surface area (Å²) in [7, 11) is 1.69. The minimum absolute atomic E-state index is 0.0240. The largest absolute Gasteiger partial charge is 0.383 e. The predicted molar refractivity (Wildman–Crippen MR) is 79.2 cm³/mol. The van der Waals surface area contributed by atoms with Crippen LogP contribution in [0.15, 0.2) is 28.7 Å². The number of amides is 1. The first-order valence-corrected chi connectivity index (χ1v) is 7.26. The first kappa shape index (κ1) is 14.5. The van der Waals surface area contributed by atoms with Crippen LogP contribution in [0.5, 0.6) is 0 Å². The molecular weight excluding hydrogens is 308 g/mol. The van der Waals surface area contributed by atoms with Gasteiger partial charge in [0.15, 0.2) is 0 Å². The van der Waals surface area contributed by atoms with Gasteiger partial charge in [0.2, 0.25) is 5.91 Å². The number of anilines is 1. The first-order valence-electron chi connectivity index (χ1n) is 6.47. The zero-order chi connectivity index (χ0) is 13.7. The quantitative estimate of drug-likeness (QED) is 0.809. The van der Waals surface area contributed by atoms with E-state index < -0.39 is 0 Å². The summed E-state index contributed by atoms with van der Waals surface area (Å²) >= 11 is 3.36. The highest BCUT2D eigenvalue weighted by atomic mass is 79.9. The molecule has 1 aliphatic rings. The fraction of sp³-hybridized carbons (Fsp3) is 0.500. The van der Waals surface area contributed by atoms with Gasteiger partial charge in [-0.1, -0.05) is 15.9 Å². The molecule has 1 aromatic rings. The smallest absolute Gasteiger partial charge is 0.238 e. The van der Waals surface area contributed by atoms with Gasteiger partial charge < -0.3 is 15.4 Å². The summed E-state index contributed by atoms with van der Waals surface area (Å²) in [6, 6.07) is 7.84. The van der Waals surface area contributed by atoms with Crippen molar-refractivity contribution < 1.29 is 9.53 Å². The number of rotatable bonds is 7. The normalized spacial score (nSPS) is 16.1. The third kappa shape index (κ3) is 4.93. The average molecular weight is 327 g/mol. The van der Waals surface area contributed by atoms with E-state index in [4.69, 9.17) is 4.74 Å². The molecule has 0 aliphatic heterocycles. The van der Waals surface area contributed by atoms with Crippen molar-refractivity contribution in [3.8, 4) is 0 Å². The molecule has 1 atom stereocenters. The minimum Gasteiger partial charge on any atom is -0.383 e. The Labute approximate surface area is 122 Å². The van der Waals surface area contributed by atoms with Crippen molar-refractivity contribution in [1.82, 2.24) is 5.32 Å². The molecule has 1 fully saturated rings. The average Bonchev–Trinajstić information content (AvgIpc) is 3.21. The van der Waals surface area contributed by atoms with Crippen molar-refractivity contribution in [1.29, 1.82) is 0 Å². The summed E-state index contributed by atoms with van der Waals surface area (Å²) in [6.45, 7) is 0.983. The number of hydrogen-bond donors (Lipinski definition) is 2. The lowest BCUT2D eigenvalue weighted by Gasteiger charge is -2.16. The lowest BCUT2D eigenvalue weighted by Crippen LogP contribution is -2.40. The van der Waals surface area contributed by atoms with Crippen LogP contribution in [0.4, 0.5) is 5.69 Å². The van der Waals surface area contributed by atoms with Crippen molar-refractivity contribution in [2.75, 3.05) is 25.6 Å². The Morgan fingerprint density at radius 3 is 2.68 bits per heavy atom. The molecule has 19 heavy (non-hydrogen) atoms. The van der Waals surface area contributed by atoms with Gasteiger partial charge in [-0.25, -0.2) is 0 Å². The minimum atomic E-state index is -0.0240. The fourth-order valence-electron chi connectivity index (χ4n) is 2.00. The van der Waals surface area contributed by atoms with Crippen LogP contribution >= 0.6 is 15.9 Å². The summed E-state index contributed by atoms with van der Waals surface area (Å²) in [5, 5.41) is 6.13. The molecule has 104 valence electrons. The number of benzene rings is 1. The molecule has 1 aliphatic carbocycles. The lowest BCUT2D eigenvalue weighted by molar-refractivity contribution is -0.115. The van der Waals surface area contributed by atoms with Gasteiger partial charge in [-0.05, 0) is 43.0 Å². The molecule has 1 aromatic carbocycles. The second-order valence-corrected chi connectivity index (χ2v) is 5.75. The molecule has 2 rings (SSSR count). The van der Waals surface area contributed by atoms with Gasteiger partial charge in [0.25, 0.3) is 0 Å². The monoisotopic (exact) mass is 326 g/mol. The van der Waals surface area contributed by atoms with Crippen molar-refractivity contribution in [3.63, 3.8) is 0 Å². The standard InChI is InChI=1S/C14H19BrN2O2/c1-19-9-13(10-2-3-10)16-8-14(18)17-12-6-4-11(15)5-7-12/h4-7,10,13,16H,2-3,8-9H2,1H3,(H,17,18). The molecular formula is C14H19BrN2O2. The molecule has 0 radical (unpaired) electrons. The molecule has 1 amide bonds. The number of methoxy groups -OCH3 is 1. The predicted octanol–water partition coefficient (Wildman–Crippen LogP) is 2.40. The summed E-state index contributed by atoms with van der Waals surface area (Å²) in [5.41, 5.74) is 0.810. The number of carbonyl (C=O) groups is 1. The maximum atomic E-state index is 11.8. The van der Waals surface area contributed by atoms with Crippen LogP contribution in [0.2, 0.25) is 0 Å². The zero-order valence-corrected chi connectivity index (χ0v) is 12.6. The Morgan fingerprint density at radius 1 is 1.42 bits per heavy atom. The van der Waals surface area contributed by atoms with Gasteiger partial charge in [0.1, 0.15) is 0 Å². The Kier molecular flexibility index (Phi) is 5.36. The molecule has 0 heterocycles. The van der Waals surface area contributed by atoms with E-state index in [0.29, 0.717) is 25.1 Å². The van der Waals surface area contributed by atoms with Crippen LogP contribution in [-0.4, -0.2) is 32.2 Å². The van der Waals surface area contributed by atoms with Gasteiger partial charge >= 0.3 is 0 Å². The van der Waals surface area contributed by atoms with E-state index in [1.54, 1.807) is 7.11 Å².